The first kappa shape index (κ1) is 12.6. The van der Waals surface area contributed by atoms with Crippen LogP contribution < -0.4 is 5.73 Å². The van der Waals surface area contributed by atoms with E-state index in [1.165, 1.54) is 0 Å². The Balaban J connectivity index is 1.75. The van der Waals surface area contributed by atoms with Crippen molar-refractivity contribution in [1.29, 1.82) is 0 Å². The van der Waals surface area contributed by atoms with E-state index in [2.05, 4.69) is 10.3 Å². The molecule has 1 saturated carbocycles. The normalized spacial score (nSPS) is 24.7. The summed E-state index contributed by atoms with van der Waals surface area (Å²) in [5.74, 6) is -0.0762. The Kier molecular flexibility index (Phi) is 3.02. The second-order valence-electron chi connectivity index (χ2n) is 5.48. The molecule has 1 amide bonds. The number of rotatable bonds is 3. The molecule has 3 rings (SSSR count). The number of hydrogen-bond donors (Lipinski definition) is 2. The van der Waals surface area contributed by atoms with Crippen LogP contribution in [0.15, 0.2) is 6.20 Å². The maximum absolute atomic E-state index is 12.5. The lowest BCUT2D eigenvalue weighted by molar-refractivity contribution is 0.0245. The van der Waals surface area contributed by atoms with E-state index in [1.54, 1.807) is 10.9 Å². The van der Waals surface area contributed by atoms with E-state index in [-0.39, 0.29) is 17.6 Å². The van der Waals surface area contributed by atoms with Crippen LogP contribution in [0.4, 0.5) is 0 Å². The van der Waals surface area contributed by atoms with Crippen molar-refractivity contribution >= 4 is 5.91 Å². The molecule has 2 heterocycles. The number of nitrogens with two attached hydrogens (primary N) is 1. The van der Waals surface area contributed by atoms with Crippen LogP contribution in [0.1, 0.15) is 36.2 Å². The number of carbonyl (C=O) groups is 1. The van der Waals surface area contributed by atoms with Crippen LogP contribution in [0.5, 0.6) is 0 Å². The van der Waals surface area contributed by atoms with Crippen molar-refractivity contribution in [3.63, 3.8) is 0 Å². The highest BCUT2D eigenvalue weighted by atomic mass is 16.3. The molecule has 1 aliphatic carbocycles. The van der Waals surface area contributed by atoms with Gasteiger partial charge < -0.3 is 15.7 Å². The summed E-state index contributed by atoms with van der Waals surface area (Å²) in [6, 6.07) is 0. The summed E-state index contributed by atoms with van der Waals surface area (Å²) in [6.07, 6.45) is 4.66. The van der Waals surface area contributed by atoms with Crippen LogP contribution in [-0.4, -0.2) is 55.6 Å². The van der Waals surface area contributed by atoms with E-state index in [4.69, 9.17) is 5.73 Å². The van der Waals surface area contributed by atoms with E-state index in [0.717, 1.165) is 12.8 Å². The maximum atomic E-state index is 12.5. The first-order valence-corrected chi connectivity index (χ1v) is 6.75. The molecule has 7 nitrogen and oxygen atoms in total. The van der Waals surface area contributed by atoms with Crippen LogP contribution in [0.2, 0.25) is 0 Å². The molecule has 19 heavy (non-hydrogen) atoms. The predicted octanol–water partition coefficient (Wildman–Crippen LogP) is -0.634. The van der Waals surface area contributed by atoms with Gasteiger partial charge >= 0.3 is 0 Å². The molecule has 2 aliphatic rings. The van der Waals surface area contributed by atoms with Gasteiger partial charge in [0.15, 0.2) is 5.69 Å². The minimum Gasteiger partial charge on any atom is -0.393 e. The molecule has 1 aromatic heterocycles. The number of aromatic nitrogens is 3. The highest BCUT2D eigenvalue weighted by molar-refractivity contribution is 5.92. The molecular weight excluding hydrogens is 246 g/mol. The Hall–Kier alpha value is -1.47. The standard InChI is InChI=1S/C12H19N5O2/c13-4-6-16-8-10(14-15-16)11(19)17-5-1-9(18)7-12(17)2-3-12/h8-9,18H,1-7,13H2. The first-order valence-electron chi connectivity index (χ1n) is 6.75. The smallest absolute Gasteiger partial charge is 0.276 e. The highest BCUT2D eigenvalue weighted by Crippen LogP contribution is 2.48. The molecule has 1 aliphatic heterocycles. The Bertz CT molecular complexity index is 482. The maximum Gasteiger partial charge on any atom is 0.276 e. The SMILES string of the molecule is NCCn1cc(C(=O)N2CCC(O)CC23CC3)nn1. The fourth-order valence-electron chi connectivity index (χ4n) is 2.88. The van der Waals surface area contributed by atoms with Gasteiger partial charge in [-0.25, -0.2) is 0 Å². The molecule has 1 spiro atoms. The van der Waals surface area contributed by atoms with Crippen molar-refractivity contribution in [2.45, 2.75) is 43.9 Å². The van der Waals surface area contributed by atoms with Gasteiger partial charge in [-0.15, -0.1) is 5.10 Å². The zero-order valence-electron chi connectivity index (χ0n) is 10.8. The molecule has 3 N–H and O–H groups in total. The predicted molar refractivity (Wildman–Crippen MR) is 67.3 cm³/mol. The Morgan fingerprint density at radius 3 is 3.05 bits per heavy atom. The topological polar surface area (TPSA) is 97.3 Å². The quantitative estimate of drug-likeness (QED) is 0.758. The lowest BCUT2D eigenvalue weighted by Crippen LogP contribution is -2.49. The number of hydrogen-bond acceptors (Lipinski definition) is 5. The van der Waals surface area contributed by atoms with Crippen LogP contribution in [0.25, 0.3) is 0 Å². The summed E-state index contributed by atoms with van der Waals surface area (Å²) in [7, 11) is 0. The van der Waals surface area contributed by atoms with Gasteiger partial charge in [0, 0.05) is 18.6 Å². The van der Waals surface area contributed by atoms with Crippen LogP contribution >= 0.6 is 0 Å². The number of aliphatic hydroxyl groups excluding tert-OH is 1. The van der Waals surface area contributed by atoms with Crippen LogP contribution in [0, 0.1) is 0 Å². The summed E-state index contributed by atoms with van der Waals surface area (Å²) in [6.45, 7) is 1.63. The molecule has 0 radical (unpaired) electrons. The van der Waals surface area contributed by atoms with E-state index in [9.17, 15) is 9.90 Å². The minimum absolute atomic E-state index is 0.0762. The summed E-state index contributed by atoms with van der Waals surface area (Å²) >= 11 is 0. The largest absolute Gasteiger partial charge is 0.393 e. The molecule has 1 saturated heterocycles. The molecule has 7 heteroatoms. The van der Waals surface area contributed by atoms with Crippen molar-refractivity contribution in [3.05, 3.63) is 11.9 Å². The number of nitrogens with zero attached hydrogens (tertiary/aromatic N) is 4. The van der Waals surface area contributed by atoms with Gasteiger partial charge in [0.05, 0.1) is 18.8 Å². The van der Waals surface area contributed by atoms with E-state index < -0.39 is 0 Å². The summed E-state index contributed by atoms with van der Waals surface area (Å²) in [5, 5.41) is 17.6. The molecule has 2 fully saturated rings. The van der Waals surface area contributed by atoms with Crippen molar-refractivity contribution in [2.24, 2.45) is 5.73 Å². The van der Waals surface area contributed by atoms with Crippen LogP contribution in [0.3, 0.4) is 0 Å². The van der Waals surface area contributed by atoms with Gasteiger partial charge in [0.1, 0.15) is 0 Å². The second-order valence-corrected chi connectivity index (χ2v) is 5.48. The van der Waals surface area contributed by atoms with Gasteiger partial charge in [0.2, 0.25) is 0 Å². The summed E-state index contributed by atoms with van der Waals surface area (Å²) in [5.41, 5.74) is 5.70. The lowest BCUT2D eigenvalue weighted by atomic mass is 9.97. The number of piperidine rings is 1. The number of aliphatic hydroxyl groups is 1. The second kappa shape index (κ2) is 4.57. The first-order chi connectivity index (χ1) is 9.14. The zero-order valence-corrected chi connectivity index (χ0v) is 10.8. The summed E-state index contributed by atoms with van der Waals surface area (Å²) in [4.78, 5) is 14.3. The molecule has 104 valence electrons. The third-order valence-corrected chi connectivity index (χ3v) is 4.06. The zero-order chi connectivity index (χ0) is 13.5. The van der Waals surface area contributed by atoms with E-state index >= 15 is 0 Å². The van der Waals surface area contributed by atoms with Gasteiger partial charge in [-0.3, -0.25) is 9.48 Å². The highest BCUT2D eigenvalue weighted by Gasteiger charge is 2.53. The number of likely N-dealkylation sites (tertiary alicyclic amines) is 1. The molecule has 1 aromatic rings. The Morgan fingerprint density at radius 1 is 1.58 bits per heavy atom. The van der Waals surface area contributed by atoms with Crippen molar-refractivity contribution in [2.75, 3.05) is 13.1 Å². The van der Waals surface area contributed by atoms with Gasteiger partial charge in [0.25, 0.3) is 5.91 Å². The molecule has 0 aromatic carbocycles. The van der Waals surface area contributed by atoms with Crippen molar-refractivity contribution in [1.82, 2.24) is 19.9 Å². The van der Waals surface area contributed by atoms with Crippen molar-refractivity contribution < 1.29 is 9.90 Å². The third kappa shape index (κ3) is 2.23. The monoisotopic (exact) mass is 265 g/mol. The average Bonchev–Trinajstić information content (AvgIpc) is 2.97. The average molecular weight is 265 g/mol. The molecule has 1 atom stereocenters. The Morgan fingerprint density at radius 2 is 2.37 bits per heavy atom. The van der Waals surface area contributed by atoms with E-state index in [0.29, 0.717) is 38.2 Å². The molecule has 0 bridgehead atoms. The van der Waals surface area contributed by atoms with Crippen LogP contribution in [-0.2, 0) is 6.54 Å². The molecular formula is C12H19N5O2. The lowest BCUT2D eigenvalue weighted by Gasteiger charge is -2.38. The van der Waals surface area contributed by atoms with Gasteiger partial charge in [-0.05, 0) is 25.7 Å². The van der Waals surface area contributed by atoms with Gasteiger partial charge in [-0.1, -0.05) is 5.21 Å². The van der Waals surface area contributed by atoms with E-state index in [1.807, 2.05) is 4.90 Å². The van der Waals surface area contributed by atoms with Crippen molar-refractivity contribution in [3.8, 4) is 0 Å². The number of amides is 1. The fourth-order valence-corrected chi connectivity index (χ4v) is 2.88. The number of carbonyl (C=O) groups excluding carboxylic acids is 1. The third-order valence-electron chi connectivity index (χ3n) is 4.06. The summed E-state index contributed by atoms with van der Waals surface area (Å²) < 4.78 is 1.59. The van der Waals surface area contributed by atoms with Gasteiger partial charge in [-0.2, -0.15) is 0 Å². The molecule has 1 unspecified atom stereocenters. The fraction of sp³-hybridized carbons (Fsp3) is 0.750. The Labute approximate surface area is 111 Å². The minimum atomic E-state index is -0.278.